The summed E-state index contributed by atoms with van der Waals surface area (Å²) in [6.45, 7) is 0. The van der Waals surface area contributed by atoms with Crippen molar-refractivity contribution in [1.29, 1.82) is 0 Å². The van der Waals surface area contributed by atoms with Crippen LogP contribution in [0.15, 0.2) is 12.3 Å². The molecule has 5 nitrogen and oxygen atoms in total. The highest BCUT2D eigenvalue weighted by molar-refractivity contribution is 6.33. The van der Waals surface area contributed by atoms with Crippen molar-refractivity contribution in [3.63, 3.8) is 0 Å². The van der Waals surface area contributed by atoms with Crippen molar-refractivity contribution in [2.75, 3.05) is 14.2 Å². The molecule has 1 rings (SSSR count). The Morgan fingerprint density at radius 3 is 2.33 bits per heavy atom. The SMILES string of the molecule is COC(=O)c1cc(Cl)c(C(=O)OC)cn1. The maximum atomic E-state index is 11.1. The Morgan fingerprint density at radius 1 is 1.27 bits per heavy atom. The number of aromatic nitrogens is 1. The third-order valence-corrected chi connectivity index (χ3v) is 1.97. The number of carbonyl (C=O) groups is 2. The van der Waals surface area contributed by atoms with Gasteiger partial charge in [0.2, 0.25) is 0 Å². The average Bonchev–Trinajstić information content (AvgIpc) is 2.26. The van der Waals surface area contributed by atoms with Crippen molar-refractivity contribution in [3.05, 3.63) is 28.5 Å². The van der Waals surface area contributed by atoms with E-state index in [0.29, 0.717) is 0 Å². The normalized spacial score (nSPS) is 9.53. The Labute approximate surface area is 91.0 Å². The predicted molar refractivity (Wildman–Crippen MR) is 51.9 cm³/mol. The molecule has 15 heavy (non-hydrogen) atoms. The van der Waals surface area contributed by atoms with Gasteiger partial charge in [0.15, 0.2) is 0 Å². The molecule has 0 aromatic carbocycles. The molecule has 0 fully saturated rings. The van der Waals surface area contributed by atoms with E-state index in [-0.39, 0.29) is 16.3 Å². The lowest BCUT2D eigenvalue weighted by Crippen LogP contribution is -2.08. The number of carbonyl (C=O) groups excluding carboxylic acids is 2. The van der Waals surface area contributed by atoms with Crippen LogP contribution in [0.4, 0.5) is 0 Å². The van der Waals surface area contributed by atoms with Gasteiger partial charge in [0.05, 0.1) is 24.8 Å². The van der Waals surface area contributed by atoms with E-state index < -0.39 is 11.9 Å². The number of esters is 2. The number of pyridine rings is 1. The monoisotopic (exact) mass is 229 g/mol. The van der Waals surface area contributed by atoms with Crippen LogP contribution in [0.3, 0.4) is 0 Å². The first-order chi connectivity index (χ1) is 7.10. The van der Waals surface area contributed by atoms with Gasteiger partial charge in [0, 0.05) is 6.20 Å². The van der Waals surface area contributed by atoms with E-state index in [1.54, 1.807) is 0 Å². The maximum Gasteiger partial charge on any atom is 0.356 e. The highest BCUT2D eigenvalue weighted by atomic mass is 35.5. The number of methoxy groups -OCH3 is 2. The molecule has 0 N–H and O–H groups in total. The number of hydrogen-bond acceptors (Lipinski definition) is 5. The van der Waals surface area contributed by atoms with Gasteiger partial charge in [0.25, 0.3) is 0 Å². The largest absolute Gasteiger partial charge is 0.465 e. The minimum Gasteiger partial charge on any atom is -0.465 e. The Hall–Kier alpha value is -1.62. The molecule has 0 spiro atoms. The first-order valence-corrected chi connectivity index (χ1v) is 4.30. The summed E-state index contributed by atoms with van der Waals surface area (Å²) in [5.74, 6) is -1.22. The highest BCUT2D eigenvalue weighted by Gasteiger charge is 2.15. The van der Waals surface area contributed by atoms with Crippen molar-refractivity contribution < 1.29 is 19.1 Å². The fourth-order valence-electron chi connectivity index (χ4n) is 0.907. The van der Waals surface area contributed by atoms with Crippen LogP contribution < -0.4 is 0 Å². The van der Waals surface area contributed by atoms with Gasteiger partial charge in [-0.15, -0.1) is 0 Å². The summed E-state index contributed by atoms with van der Waals surface area (Å²) in [6.07, 6.45) is 1.17. The molecular formula is C9H8ClNO4. The van der Waals surface area contributed by atoms with Crippen LogP contribution in [0.1, 0.15) is 20.8 Å². The van der Waals surface area contributed by atoms with E-state index in [1.165, 1.54) is 26.5 Å². The van der Waals surface area contributed by atoms with Gasteiger partial charge >= 0.3 is 11.9 Å². The fourth-order valence-corrected chi connectivity index (χ4v) is 1.14. The molecule has 1 aromatic heterocycles. The van der Waals surface area contributed by atoms with Crippen LogP contribution in [0.25, 0.3) is 0 Å². The zero-order valence-corrected chi connectivity index (χ0v) is 8.87. The Kier molecular flexibility index (Phi) is 3.62. The molecule has 0 aliphatic carbocycles. The van der Waals surface area contributed by atoms with Crippen LogP contribution in [-0.2, 0) is 9.47 Å². The van der Waals surface area contributed by atoms with Crippen LogP contribution in [0, 0.1) is 0 Å². The fraction of sp³-hybridized carbons (Fsp3) is 0.222. The first kappa shape index (κ1) is 11.5. The molecule has 0 aliphatic heterocycles. The minimum atomic E-state index is -0.617. The number of nitrogens with zero attached hydrogens (tertiary/aromatic N) is 1. The predicted octanol–water partition coefficient (Wildman–Crippen LogP) is 1.31. The van der Waals surface area contributed by atoms with Gasteiger partial charge < -0.3 is 9.47 Å². The lowest BCUT2D eigenvalue weighted by molar-refractivity contribution is 0.0581. The molecule has 0 unspecified atom stereocenters. The second-order valence-electron chi connectivity index (χ2n) is 2.53. The Balaban J connectivity index is 3.08. The number of hydrogen-bond donors (Lipinski definition) is 0. The minimum absolute atomic E-state index is 0.0372. The molecule has 0 saturated carbocycles. The topological polar surface area (TPSA) is 65.5 Å². The smallest absolute Gasteiger partial charge is 0.356 e. The summed E-state index contributed by atoms with van der Waals surface area (Å²) in [5.41, 5.74) is 0.141. The van der Waals surface area contributed by atoms with Gasteiger partial charge in [-0.05, 0) is 6.07 Å². The highest BCUT2D eigenvalue weighted by Crippen LogP contribution is 2.17. The zero-order chi connectivity index (χ0) is 11.4. The van der Waals surface area contributed by atoms with Gasteiger partial charge in [-0.25, -0.2) is 14.6 Å². The summed E-state index contributed by atoms with van der Waals surface area (Å²) in [5, 5.41) is 0.0947. The molecule has 0 saturated heterocycles. The lowest BCUT2D eigenvalue weighted by atomic mass is 10.2. The third-order valence-electron chi connectivity index (χ3n) is 1.65. The molecule has 6 heteroatoms. The number of rotatable bonds is 2. The quantitative estimate of drug-likeness (QED) is 0.716. The second kappa shape index (κ2) is 4.75. The Morgan fingerprint density at radius 2 is 1.87 bits per heavy atom. The van der Waals surface area contributed by atoms with E-state index in [2.05, 4.69) is 14.5 Å². The van der Waals surface area contributed by atoms with Crippen LogP contribution in [-0.4, -0.2) is 31.1 Å². The number of halogens is 1. The lowest BCUT2D eigenvalue weighted by Gasteiger charge is -2.03. The van der Waals surface area contributed by atoms with E-state index in [0.717, 1.165) is 0 Å². The van der Waals surface area contributed by atoms with E-state index in [4.69, 9.17) is 11.6 Å². The molecule has 0 aliphatic rings. The molecule has 0 bridgehead atoms. The summed E-state index contributed by atoms with van der Waals surface area (Å²) in [4.78, 5) is 25.9. The molecule has 1 aromatic rings. The molecule has 1 heterocycles. The van der Waals surface area contributed by atoms with Crippen molar-refractivity contribution in [1.82, 2.24) is 4.98 Å². The maximum absolute atomic E-state index is 11.1. The standard InChI is InChI=1S/C9H8ClNO4/c1-14-8(12)5-4-11-7(3-6(5)10)9(13)15-2/h3-4H,1-2H3. The first-order valence-electron chi connectivity index (χ1n) is 3.92. The van der Waals surface area contributed by atoms with Crippen molar-refractivity contribution in [2.45, 2.75) is 0 Å². The van der Waals surface area contributed by atoms with Gasteiger partial charge in [0.1, 0.15) is 5.69 Å². The van der Waals surface area contributed by atoms with Gasteiger partial charge in [-0.3, -0.25) is 0 Å². The van der Waals surface area contributed by atoms with Gasteiger partial charge in [-0.1, -0.05) is 11.6 Å². The zero-order valence-electron chi connectivity index (χ0n) is 8.11. The average molecular weight is 230 g/mol. The second-order valence-corrected chi connectivity index (χ2v) is 2.94. The summed E-state index contributed by atoms with van der Waals surface area (Å²) >= 11 is 5.76. The van der Waals surface area contributed by atoms with E-state index in [1.807, 2.05) is 0 Å². The van der Waals surface area contributed by atoms with Crippen LogP contribution >= 0.6 is 11.6 Å². The molecule has 0 atom stereocenters. The molecule has 80 valence electrons. The van der Waals surface area contributed by atoms with E-state index >= 15 is 0 Å². The van der Waals surface area contributed by atoms with Gasteiger partial charge in [-0.2, -0.15) is 0 Å². The van der Waals surface area contributed by atoms with Crippen LogP contribution in [0.2, 0.25) is 5.02 Å². The number of ether oxygens (including phenoxy) is 2. The van der Waals surface area contributed by atoms with Crippen molar-refractivity contribution >= 4 is 23.5 Å². The summed E-state index contributed by atoms with van der Waals surface area (Å²) < 4.78 is 8.91. The van der Waals surface area contributed by atoms with Crippen LogP contribution in [0.5, 0.6) is 0 Å². The molecular weight excluding hydrogens is 222 g/mol. The summed E-state index contributed by atoms with van der Waals surface area (Å²) in [6, 6.07) is 1.25. The summed E-state index contributed by atoms with van der Waals surface area (Å²) in [7, 11) is 2.46. The van der Waals surface area contributed by atoms with E-state index in [9.17, 15) is 9.59 Å². The Bertz CT molecular complexity index is 405. The van der Waals surface area contributed by atoms with Crippen molar-refractivity contribution in [2.24, 2.45) is 0 Å². The van der Waals surface area contributed by atoms with Crippen molar-refractivity contribution in [3.8, 4) is 0 Å². The molecule has 0 radical (unpaired) electrons. The third kappa shape index (κ3) is 2.44. The molecule has 0 amide bonds.